The van der Waals surface area contributed by atoms with Gasteiger partial charge in [0.1, 0.15) is 5.82 Å². The van der Waals surface area contributed by atoms with Gasteiger partial charge in [-0.25, -0.2) is 21.2 Å². The molecule has 0 bridgehead atoms. The summed E-state index contributed by atoms with van der Waals surface area (Å²) in [6.07, 6.45) is 0. The molecule has 3 aromatic carbocycles. The fraction of sp³-hybridized carbons (Fsp3) is 0.0500. The number of amides is 1. The van der Waals surface area contributed by atoms with E-state index in [9.17, 15) is 26.0 Å². The van der Waals surface area contributed by atoms with Crippen LogP contribution in [0.4, 0.5) is 21.5 Å². The highest BCUT2D eigenvalue weighted by Gasteiger charge is 2.20. The number of nitrogens with one attached hydrogen (secondary N) is 3. The number of carbonyl (C=O) groups excluding carboxylic acids is 1. The number of hydrogen-bond acceptors (Lipinski definition) is 5. The molecule has 0 aromatic heterocycles. The minimum atomic E-state index is -4.08. The van der Waals surface area contributed by atoms with Gasteiger partial charge in [0.15, 0.2) is 0 Å². The number of rotatable bonds is 7. The molecule has 3 rings (SSSR count). The lowest BCUT2D eigenvalue weighted by Gasteiger charge is -2.15. The topological polar surface area (TPSA) is 121 Å². The maximum absolute atomic E-state index is 13.1. The summed E-state index contributed by atoms with van der Waals surface area (Å²) in [5, 5.41) is 2.53. The van der Waals surface area contributed by atoms with Gasteiger partial charge in [0.2, 0.25) is 5.91 Å². The van der Waals surface area contributed by atoms with Crippen molar-refractivity contribution in [3.8, 4) is 0 Å². The van der Waals surface area contributed by atoms with Crippen LogP contribution < -0.4 is 14.8 Å². The number of anilines is 3. The number of para-hydroxylation sites is 2. The third kappa shape index (κ3) is 5.58. The molecule has 11 heteroatoms. The average molecular weight is 464 g/mol. The zero-order chi connectivity index (χ0) is 22.6. The van der Waals surface area contributed by atoms with E-state index in [0.717, 1.165) is 24.3 Å². The molecule has 0 spiro atoms. The molecule has 8 nitrogen and oxygen atoms in total. The fourth-order valence-corrected chi connectivity index (χ4v) is 4.76. The summed E-state index contributed by atoms with van der Waals surface area (Å²) in [6, 6.07) is 15.5. The van der Waals surface area contributed by atoms with Crippen molar-refractivity contribution < 1.29 is 26.0 Å². The lowest BCUT2D eigenvalue weighted by molar-refractivity contribution is -0.114. The molecule has 162 valence electrons. The normalized spacial score (nSPS) is 11.5. The van der Waals surface area contributed by atoms with Gasteiger partial charge in [0.05, 0.1) is 21.2 Å². The maximum atomic E-state index is 13.1. The van der Waals surface area contributed by atoms with Crippen LogP contribution in [0.25, 0.3) is 0 Å². The van der Waals surface area contributed by atoms with Crippen LogP contribution in [0.5, 0.6) is 0 Å². The van der Waals surface area contributed by atoms with E-state index >= 15 is 0 Å². The van der Waals surface area contributed by atoms with Crippen molar-refractivity contribution in [2.45, 2.75) is 16.7 Å². The number of hydrogen-bond donors (Lipinski definition) is 3. The van der Waals surface area contributed by atoms with E-state index in [0.29, 0.717) is 5.69 Å². The van der Waals surface area contributed by atoms with Crippen LogP contribution in [-0.4, -0.2) is 22.7 Å². The van der Waals surface area contributed by atoms with Crippen molar-refractivity contribution in [1.29, 1.82) is 0 Å². The van der Waals surface area contributed by atoms with Gasteiger partial charge >= 0.3 is 0 Å². The molecule has 0 saturated heterocycles. The molecule has 0 aliphatic heterocycles. The lowest BCUT2D eigenvalue weighted by Crippen LogP contribution is -2.17. The second kappa shape index (κ2) is 8.74. The van der Waals surface area contributed by atoms with Crippen molar-refractivity contribution in [3.05, 3.63) is 78.6 Å². The molecule has 0 atom stereocenters. The monoisotopic (exact) mass is 463 g/mol. The van der Waals surface area contributed by atoms with Crippen molar-refractivity contribution in [1.82, 2.24) is 0 Å². The second-order valence-electron chi connectivity index (χ2n) is 6.42. The molecule has 0 aliphatic carbocycles. The summed E-state index contributed by atoms with van der Waals surface area (Å²) in [5.74, 6) is -0.882. The van der Waals surface area contributed by atoms with Gasteiger partial charge in [-0.3, -0.25) is 14.2 Å². The van der Waals surface area contributed by atoms with Gasteiger partial charge < -0.3 is 5.32 Å². The van der Waals surface area contributed by atoms with Crippen LogP contribution >= 0.6 is 0 Å². The minimum Gasteiger partial charge on any atom is -0.326 e. The van der Waals surface area contributed by atoms with Crippen molar-refractivity contribution in [2.24, 2.45) is 0 Å². The average Bonchev–Trinajstić information content (AvgIpc) is 2.69. The standard InChI is InChI=1S/C20H18FN3O5S2/c1-14(25)22-16-8-12-18(13-9-16)31(28,29)24-20-5-3-2-4-19(20)23-30(26,27)17-10-6-15(21)7-11-17/h2-13,23-24H,1H3,(H,22,25). The number of benzene rings is 3. The molecule has 3 N–H and O–H groups in total. The predicted octanol–water partition coefficient (Wildman–Crippen LogP) is 3.39. The van der Waals surface area contributed by atoms with Gasteiger partial charge in [-0.1, -0.05) is 12.1 Å². The highest BCUT2D eigenvalue weighted by atomic mass is 32.2. The Morgan fingerprint density at radius 3 is 1.55 bits per heavy atom. The quantitative estimate of drug-likeness (QED) is 0.496. The first-order valence-electron chi connectivity index (χ1n) is 8.85. The van der Waals surface area contributed by atoms with Crippen LogP contribution in [0.3, 0.4) is 0 Å². The fourth-order valence-electron chi connectivity index (χ4n) is 2.60. The van der Waals surface area contributed by atoms with E-state index in [1.807, 2.05) is 0 Å². The third-order valence-electron chi connectivity index (χ3n) is 4.02. The highest BCUT2D eigenvalue weighted by Crippen LogP contribution is 2.27. The predicted molar refractivity (Wildman–Crippen MR) is 115 cm³/mol. The lowest BCUT2D eigenvalue weighted by atomic mass is 10.3. The largest absolute Gasteiger partial charge is 0.326 e. The van der Waals surface area contributed by atoms with E-state index in [1.165, 1.54) is 55.5 Å². The summed E-state index contributed by atoms with van der Waals surface area (Å²) < 4.78 is 68.4. The van der Waals surface area contributed by atoms with Gasteiger partial charge in [0, 0.05) is 12.6 Å². The first-order chi connectivity index (χ1) is 14.6. The molecule has 0 unspecified atom stereocenters. The summed E-state index contributed by atoms with van der Waals surface area (Å²) in [4.78, 5) is 10.8. The van der Waals surface area contributed by atoms with E-state index in [-0.39, 0.29) is 27.1 Å². The number of halogens is 1. The van der Waals surface area contributed by atoms with E-state index in [4.69, 9.17) is 0 Å². The SMILES string of the molecule is CC(=O)Nc1ccc(S(=O)(=O)Nc2ccccc2NS(=O)(=O)c2ccc(F)cc2)cc1. The molecule has 31 heavy (non-hydrogen) atoms. The van der Waals surface area contributed by atoms with Gasteiger partial charge in [0.25, 0.3) is 20.0 Å². The van der Waals surface area contributed by atoms with E-state index in [1.54, 1.807) is 0 Å². The molecule has 0 radical (unpaired) electrons. The Hall–Kier alpha value is -3.44. The Morgan fingerprint density at radius 1 is 0.710 bits per heavy atom. The zero-order valence-electron chi connectivity index (χ0n) is 16.2. The van der Waals surface area contributed by atoms with Gasteiger partial charge in [-0.15, -0.1) is 0 Å². The van der Waals surface area contributed by atoms with Crippen LogP contribution in [0, 0.1) is 5.82 Å². The Balaban J connectivity index is 1.86. The highest BCUT2D eigenvalue weighted by molar-refractivity contribution is 7.93. The Kier molecular flexibility index (Phi) is 6.27. The molecule has 0 fully saturated rings. The molecule has 0 aliphatic rings. The molecule has 1 amide bonds. The van der Waals surface area contributed by atoms with Crippen LogP contribution in [0.1, 0.15) is 6.92 Å². The van der Waals surface area contributed by atoms with Crippen molar-refractivity contribution in [3.63, 3.8) is 0 Å². The van der Waals surface area contributed by atoms with Crippen molar-refractivity contribution >= 4 is 43.0 Å². The molecular weight excluding hydrogens is 445 g/mol. The first kappa shape index (κ1) is 22.2. The number of sulfonamides is 2. The second-order valence-corrected chi connectivity index (χ2v) is 9.78. The van der Waals surface area contributed by atoms with Gasteiger partial charge in [-0.05, 0) is 60.7 Å². The summed E-state index contributed by atoms with van der Waals surface area (Å²) >= 11 is 0. The molecule has 0 heterocycles. The summed E-state index contributed by atoms with van der Waals surface area (Å²) in [5.41, 5.74) is 0.420. The minimum absolute atomic E-state index is 0.000811. The molecule has 0 saturated carbocycles. The van der Waals surface area contributed by atoms with Crippen LogP contribution in [0.15, 0.2) is 82.6 Å². The number of carbonyl (C=O) groups is 1. The van der Waals surface area contributed by atoms with Crippen LogP contribution in [-0.2, 0) is 24.8 Å². The maximum Gasteiger partial charge on any atom is 0.261 e. The first-order valence-corrected chi connectivity index (χ1v) is 11.8. The van der Waals surface area contributed by atoms with E-state index in [2.05, 4.69) is 14.8 Å². The smallest absolute Gasteiger partial charge is 0.261 e. The van der Waals surface area contributed by atoms with Gasteiger partial charge in [-0.2, -0.15) is 0 Å². The molecular formula is C20H18FN3O5S2. The van der Waals surface area contributed by atoms with E-state index < -0.39 is 25.9 Å². The summed E-state index contributed by atoms with van der Waals surface area (Å²) in [6.45, 7) is 1.33. The van der Waals surface area contributed by atoms with Crippen LogP contribution in [0.2, 0.25) is 0 Å². The Labute approximate surface area is 179 Å². The Morgan fingerprint density at radius 2 is 1.13 bits per heavy atom. The Bertz CT molecular complexity index is 1310. The summed E-state index contributed by atoms with van der Waals surface area (Å²) in [7, 11) is -8.14. The third-order valence-corrected chi connectivity index (χ3v) is 6.79. The molecule has 3 aromatic rings. The zero-order valence-corrected chi connectivity index (χ0v) is 17.8. The van der Waals surface area contributed by atoms with Crippen molar-refractivity contribution in [2.75, 3.05) is 14.8 Å².